The number of hydrogen-bond acceptors (Lipinski definition) is 3. The Hall–Kier alpha value is -0.900. The minimum absolute atomic E-state index is 0.463. The maximum Gasteiger partial charge on any atom is 0.147 e. The van der Waals surface area contributed by atoms with Gasteiger partial charge in [-0.2, -0.15) is 5.10 Å². The summed E-state index contributed by atoms with van der Waals surface area (Å²) in [6.07, 6.45) is 0. The monoisotopic (exact) mass is 168 g/mol. The number of nitrogens with zero attached hydrogens (tertiary/aromatic N) is 3. The van der Waals surface area contributed by atoms with Gasteiger partial charge >= 0.3 is 0 Å². The highest BCUT2D eigenvalue weighted by molar-refractivity contribution is 4.87. The lowest BCUT2D eigenvalue weighted by molar-refractivity contribution is 0.449. The molecule has 1 heterocycles. The van der Waals surface area contributed by atoms with Gasteiger partial charge in [-0.3, -0.25) is 0 Å². The molecular weight excluding hydrogens is 152 g/mol. The molecule has 68 valence electrons. The predicted molar refractivity (Wildman–Crippen MR) is 47.7 cm³/mol. The van der Waals surface area contributed by atoms with Gasteiger partial charge < -0.3 is 5.73 Å². The molecule has 0 aliphatic rings. The number of hydrogen-bond donors (Lipinski definition) is 1. The van der Waals surface area contributed by atoms with Crippen molar-refractivity contribution in [1.82, 2.24) is 14.8 Å². The average Bonchev–Trinajstić information content (AvgIpc) is 2.30. The lowest BCUT2D eigenvalue weighted by Crippen LogP contribution is -2.18. The van der Waals surface area contributed by atoms with Crippen LogP contribution in [-0.2, 0) is 6.54 Å². The van der Waals surface area contributed by atoms with Crippen LogP contribution in [0.15, 0.2) is 0 Å². The number of aromatic nitrogens is 3. The Labute approximate surface area is 72.8 Å². The summed E-state index contributed by atoms with van der Waals surface area (Å²) < 4.78 is 1.91. The van der Waals surface area contributed by atoms with Gasteiger partial charge in [0.1, 0.15) is 11.6 Å². The smallest absolute Gasteiger partial charge is 0.147 e. The maximum atomic E-state index is 5.52. The van der Waals surface area contributed by atoms with Crippen molar-refractivity contribution < 1.29 is 0 Å². The van der Waals surface area contributed by atoms with Crippen molar-refractivity contribution in [3.05, 3.63) is 11.6 Å². The van der Waals surface area contributed by atoms with Crippen molar-refractivity contribution >= 4 is 0 Å². The summed E-state index contributed by atoms with van der Waals surface area (Å²) in [5.74, 6) is 2.26. The summed E-state index contributed by atoms with van der Waals surface area (Å²) >= 11 is 0. The molecule has 0 saturated heterocycles. The third-order valence-corrected chi connectivity index (χ3v) is 1.85. The molecule has 0 aliphatic carbocycles. The van der Waals surface area contributed by atoms with Crippen LogP contribution in [0, 0.1) is 19.8 Å². The standard InChI is InChI=1S/C8H16N4/c1-6(4-9)5-12-8(3)10-7(2)11-12/h6H,4-5,9H2,1-3H3. The van der Waals surface area contributed by atoms with E-state index in [0.29, 0.717) is 12.5 Å². The van der Waals surface area contributed by atoms with Crippen LogP contribution in [0.4, 0.5) is 0 Å². The molecule has 4 heteroatoms. The number of nitrogens with two attached hydrogens (primary N) is 1. The van der Waals surface area contributed by atoms with Gasteiger partial charge in [0.15, 0.2) is 0 Å². The average molecular weight is 168 g/mol. The molecule has 0 aromatic carbocycles. The summed E-state index contributed by atoms with van der Waals surface area (Å²) in [5.41, 5.74) is 5.52. The summed E-state index contributed by atoms with van der Waals surface area (Å²) in [6.45, 7) is 7.53. The van der Waals surface area contributed by atoms with E-state index < -0.39 is 0 Å². The fraction of sp³-hybridized carbons (Fsp3) is 0.750. The molecule has 1 rings (SSSR count). The highest BCUT2D eigenvalue weighted by Gasteiger charge is 2.05. The van der Waals surface area contributed by atoms with Crippen LogP contribution in [0.3, 0.4) is 0 Å². The zero-order valence-corrected chi connectivity index (χ0v) is 7.91. The van der Waals surface area contributed by atoms with Crippen LogP contribution >= 0.6 is 0 Å². The molecule has 0 saturated carbocycles. The lowest BCUT2D eigenvalue weighted by Gasteiger charge is -2.08. The van der Waals surface area contributed by atoms with Crippen LogP contribution < -0.4 is 5.73 Å². The zero-order chi connectivity index (χ0) is 9.14. The summed E-state index contributed by atoms with van der Waals surface area (Å²) in [5, 5.41) is 4.25. The molecule has 0 radical (unpaired) electrons. The Morgan fingerprint density at radius 1 is 1.50 bits per heavy atom. The molecule has 0 amide bonds. The highest BCUT2D eigenvalue weighted by atomic mass is 15.3. The van der Waals surface area contributed by atoms with Gasteiger partial charge in [-0.15, -0.1) is 0 Å². The van der Waals surface area contributed by atoms with E-state index in [9.17, 15) is 0 Å². The third kappa shape index (κ3) is 2.04. The van der Waals surface area contributed by atoms with Crippen LogP contribution in [-0.4, -0.2) is 21.3 Å². The van der Waals surface area contributed by atoms with Gasteiger partial charge in [-0.1, -0.05) is 6.92 Å². The van der Waals surface area contributed by atoms with Gasteiger partial charge in [0.05, 0.1) is 0 Å². The van der Waals surface area contributed by atoms with Gasteiger partial charge in [0, 0.05) is 6.54 Å². The van der Waals surface area contributed by atoms with Gasteiger partial charge in [-0.05, 0) is 26.3 Å². The van der Waals surface area contributed by atoms with Gasteiger partial charge in [-0.25, -0.2) is 9.67 Å². The maximum absolute atomic E-state index is 5.52. The van der Waals surface area contributed by atoms with Crippen molar-refractivity contribution in [1.29, 1.82) is 0 Å². The molecule has 1 aromatic rings. The largest absolute Gasteiger partial charge is 0.330 e. The molecule has 0 bridgehead atoms. The minimum Gasteiger partial charge on any atom is -0.330 e. The normalized spacial score (nSPS) is 13.3. The van der Waals surface area contributed by atoms with Crippen LogP contribution in [0.2, 0.25) is 0 Å². The molecule has 0 spiro atoms. The Bertz CT molecular complexity index is 254. The van der Waals surface area contributed by atoms with E-state index in [-0.39, 0.29) is 0 Å². The van der Waals surface area contributed by atoms with Crippen molar-refractivity contribution in [2.24, 2.45) is 11.7 Å². The van der Waals surface area contributed by atoms with E-state index in [1.807, 2.05) is 18.5 Å². The first-order valence-electron chi connectivity index (χ1n) is 4.21. The second-order valence-electron chi connectivity index (χ2n) is 3.23. The quantitative estimate of drug-likeness (QED) is 0.714. The minimum atomic E-state index is 0.463. The third-order valence-electron chi connectivity index (χ3n) is 1.85. The zero-order valence-electron chi connectivity index (χ0n) is 7.91. The van der Waals surface area contributed by atoms with Crippen molar-refractivity contribution in [2.45, 2.75) is 27.3 Å². The summed E-state index contributed by atoms with van der Waals surface area (Å²) in [4.78, 5) is 4.21. The Morgan fingerprint density at radius 2 is 2.17 bits per heavy atom. The second-order valence-corrected chi connectivity index (χ2v) is 3.23. The first-order valence-corrected chi connectivity index (χ1v) is 4.21. The van der Waals surface area contributed by atoms with Crippen LogP contribution in [0.1, 0.15) is 18.6 Å². The van der Waals surface area contributed by atoms with Gasteiger partial charge in [0.25, 0.3) is 0 Å². The van der Waals surface area contributed by atoms with E-state index in [2.05, 4.69) is 17.0 Å². The van der Waals surface area contributed by atoms with E-state index in [1.54, 1.807) is 0 Å². The molecule has 1 atom stereocenters. The van der Waals surface area contributed by atoms with Crippen LogP contribution in [0.5, 0.6) is 0 Å². The number of rotatable bonds is 3. The SMILES string of the molecule is Cc1nc(C)n(CC(C)CN)n1. The molecule has 2 N–H and O–H groups in total. The molecule has 1 unspecified atom stereocenters. The van der Waals surface area contributed by atoms with Crippen LogP contribution in [0.25, 0.3) is 0 Å². The highest BCUT2D eigenvalue weighted by Crippen LogP contribution is 2.01. The molecule has 0 aliphatic heterocycles. The Kier molecular flexibility index (Phi) is 2.81. The van der Waals surface area contributed by atoms with Gasteiger partial charge in [0.2, 0.25) is 0 Å². The first kappa shape index (κ1) is 9.19. The molecule has 0 fully saturated rings. The van der Waals surface area contributed by atoms with Crippen molar-refractivity contribution in [3.63, 3.8) is 0 Å². The van der Waals surface area contributed by atoms with E-state index in [0.717, 1.165) is 18.2 Å². The molecule has 1 aromatic heterocycles. The predicted octanol–water partition coefficient (Wildman–Crippen LogP) is 0.490. The van der Waals surface area contributed by atoms with E-state index >= 15 is 0 Å². The fourth-order valence-electron chi connectivity index (χ4n) is 1.10. The van der Waals surface area contributed by atoms with Crippen molar-refractivity contribution in [3.8, 4) is 0 Å². The molecule has 4 nitrogen and oxygen atoms in total. The molecule has 12 heavy (non-hydrogen) atoms. The Balaban J connectivity index is 2.68. The first-order chi connectivity index (χ1) is 5.63. The van der Waals surface area contributed by atoms with Crippen molar-refractivity contribution in [2.75, 3.05) is 6.54 Å². The Morgan fingerprint density at radius 3 is 2.58 bits per heavy atom. The van der Waals surface area contributed by atoms with E-state index in [1.165, 1.54) is 0 Å². The topological polar surface area (TPSA) is 56.7 Å². The fourth-order valence-corrected chi connectivity index (χ4v) is 1.10. The lowest BCUT2D eigenvalue weighted by atomic mass is 10.2. The number of aryl methyl sites for hydroxylation is 2. The summed E-state index contributed by atoms with van der Waals surface area (Å²) in [6, 6.07) is 0. The van der Waals surface area contributed by atoms with E-state index in [4.69, 9.17) is 5.73 Å². The second kappa shape index (κ2) is 3.67. The summed E-state index contributed by atoms with van der Waals surface area (Å²) in [7, 11) is 0. The molecular formula is C8H16N4.